The van der Waals surface area contributed by atoms with Crippen LogP contribution in [0.3, 0.4) is 0 Å². The molecule has 0 unspecified atom stereocenters. The zero-order valence-corrected chi connectivity index (χ0v) is 17.0. The van der Waals surface area contributed by atoms with Crippen molar-refractivity contribution in [2.45, 2.75) is 6.92 Å². The molecule has 0 bridgehead atoms. The predicted molar refractivity (Wildman–Crippen MR) is 118 cm³/mol. The van der Waals surface area contributed by atoms with E-state index in [-0.39, 0.29) is 5.56 Å². The fraction of sp³-hybridized carbons (Fsp3) is 0.0435. The van der Waals surface area contributed by atoms with Crippen molar-refractivity contribution >= 4 is 29.2 Å². The van der Waals surface area contributed by atoms with Gasteiger partial charge in [-0.1, -0.05) is 0 Å². The molecule has 0 radical (unpaired) electrons. The van der Waals surface area contributed by atoms with Gasteiger partial charge < -0.3 is 10.6 Å². The molecule has 2 N–H and O–H groups in total. The molecule has 0 spiro atoms. The summed E-state index contributed by atoms with van der Waals surface area (Å²) in [7, 11) is 0. The molecule has 0 saturated heterocycles. The average Bonchev–Trinajstić information content (AvgIpc) is 3.30. The molecular weight excluding hydrogens is 414 g/mol. The Labute approximate surface area is 182 Å². The molecule has 1 amide bonds. The lowest BCUT2D eigenvalue weighted by Crippen LogP contribution is -2.08. The minimum absolute atomic E-state index is 0.00526. The predicted octanol–water partition coefficient (Wildman–Crippen LogP) is 4.64. The Balaban J connectivity index is 1.41. The van der Waals surface area contributed by atoms with Gasteiger partial charge in [-0.05, 0) is 61.5 Å². The molecule has 0 aliphatic rings. The van der Waals surface area contributed by atoms with Crippen molar-refractivity contribution in [2.75, 3.05) is 10.6 Å². The van der Waals surface area contributed by atoms with Crippen molar-refractivity contribution in [1.82, 2.24) is 19.7 Å². The topological polar surface area (TPSA) is 84.7 Å². The molecule has 0 fully saturated rings. The molecular formula is C23H18F2N6O. The van der Waals surface area contributed by atoms with E-state index >= 15 is 0 Å². The van der Waals surface area contributed by atoms with Crippen molar-refractivity contribution in [2.24, 2.45) is 0 Å². The minimum atomic E-state index is -0.610. The van der Waals surface area contributed by atoms with E-state index in [1.165, 1.54) is 6.08 Å². The van der Waals surface area contributed by atoms with Gasteiger partial charge in [0.25, 0.3) is 0 Å². The second-order valence-corrected chi connectivity index (χ2v) is 6.80. The Hall–Kier alpha value is -4.40. The Bertz CT molecular complexity index is 1270. The van der Waals surface area contributed by atoms with Crippen LogP contribution in [0.25, 0.3) is 11.9 Å². The number of carbonyl (C=O) groups excluding carboxylic acids is 1. The molecule has 2 aromatic carbocycles. The van der Waals surface area contributed by atoms with Crippen molar-refractivity contribution in [3.05, 3.63) is 96.1 Å². The van der Waals surface area contributed by atoms with Crippen LogP contribution in [0.2, 0.25) is 0 Å². The zero-order chi connectivity index (χ0) is 22.5. The molecule has 160 valence electrons. The fourth-order valence-corrected chi connectivity index (χ4v) is 2.91. The second-order valence-electron chi connectivity index (χ2n) is 6.80. The number of halogens is 2. The first kappa shape index (κ1) is 20.9. The normalized spacial score (nSPS) is 11.0. The number of hydrogen-bond acceptors (Lipinski definition) is 5. The molecule has 32 heavy (non-hydrogen) atoms. The quantitative estimate of drug-likeness (QED) is 0.434. The van der Waals surface area contributed by atoms with E-state index in [9.17, 15) is 13.6 Å². The van der Waals surface area contributed by atoms with Gasteiger partial charge >= 0.3 is 0 Å². The third-order valence-corrected chi connectivity index (χ3v) is 4.36. The van der Waals surface area contributed by atoms with Crippen LogP contribution in [0.5, 0.6) is 0 Å². The van der Waals surface area contributed by atoms with E-state index in [0.29, 0.717) is 23.1 Å². The number of aryl methyl sites for hydroxylation is 1. The minimum Gasteiger partial charge on any atom is -0.340 e. The monoisotopic (exact) mass is 432 g/mol. The van der Waals surface area contributed by atoms with Gasteiger partial charge in [0, 0.05) is 41.5 Å². The number of hydrogen-bond donors (Lipinski definition) is 2. The van der Waals surface area contributed by atoms with E-state index in [4.69, 9.17) is 0 Å². The molecule has 7 nitrogen and oxygen atoms in total. The number of aromatic nitrogens is 4. The standard InChI is InChI=1S/C23H18F2N6O/c1-15-27-21(14-22(28-15)31-12-2-11-26-31)29-18-5-7-19(8-6-18)30-23(32)10-3-16-13-17(24)4-9-20(16)25/h2-14H,1H3,(H,30,32)(H,27,28,29)/b10-3+. The van der Waals surface area contributed by atoms with Gasteiger partial charge in [0.15, 0.2) is 5.82 Å². The smallest absolute Gasteiger partial charge is 0.248 e. The number of carbonyl (C=O) groups is 1. The highest BCUT2D eigenvalue weighted by Gasteiger charge is 2.06. The molecule has 0 atom stereocenters. The van der Waals surface area contributed by atoms with Crippen molar-refractivity contribution < 1.29 is 13.6 Å². The van der Waals surface area contributed by atoms with Gasteiger partial charge in [-0.2, -0.15) is 5.10 Å². The van der Waals surface area contributed by atoms with Crippen LogP contribution in [0.1, 0.15) is 11.4 Å². The lowest BCUT2D eigenvalue weighted by Gasteiger charge is -2.09. The van der Waals surface area contributed by atoms with Crippen LogP contribution in [0.4, 0.5) is 26.0 Å². The van der Waals surface area contributed by atoms with Crippen LogP contribution in [-0.2, 0) is 4.79 Å². The van der Waals surface area contributed by atoms with E-state index < -0.39 is 17.5 Å². The number of nitrogens with zero attached hydrogens (tertiary/aromatic N) is 4. The Kier molecular flexibility index (Phi) is 5.98. The average molecular weight is 432 g/mol. The highest BCUT2D eigenvalue weighted by molar-refractivity contribution is 6.02. The SMILES string of the molecule is Cc1nc(Nc2ccc(NC(=O)/C=C/c3cc(F)ccc3F)cc2)cc(-n2cccn2)n1. The third kappa shape index (κ3) is 5.20. The molecule has 4 rings (SSSR count). The highest BCUT2D eigenvalue weighted by Crippen LogP contribution is 2.19. The molecule has 2 heterocycles. The summed E-state index contributed by atoms with van der Waals surface area (Å²) in [5, 5.41) is 10.0. The maximum absolute atomic E-state index is 13.6. The number of anilines is 3. The van der Waals surface area contributed by atoms with Gasteiger partial charge in [-0.3, -0.25) is 4.79 Å². The Morgan fingerprint density at radius 1 is 1.03 bits per heavy atom. The summed E-state index contributed by atoms with van der Waals surface area (Å²) in [5.41, 5.74) is 1.29. The van der Waals surface area contributed by atoms with Crippen LogP contribution >= 0.6 is 0 Å². The van der Waals surface area contributed by atoms with Gasteiger partial charge in [-0.25, -0.2) is 23.4 Å². The van der Waals surface area contributed by atoms with E-state index in [1.807, 2.05) is 0 Å². The summed E-state index contributed by atoms with van der Waals surface area (Å²) < 4.78 is 28.5. The number of benzene rings is 2. The van der Waals surface area contributed by atoms with Crippen LogP contribution in [-0.4, -0.2) is 25.7 Å². The molecule has 0 saturated carbocycles. The summed E-state index contributed by atoms with van der Waals surface area (Å²) in [6.45, 7) is 1.79. The molecule has 2 aromatic heterocycles. The van der Waals surface area contributed by atoms with E-state index in [1.54, 1.807) is 60.4 Å². The molecule has 9 heteroatoms. The van der Waals surface area contributed by atoms with E-state index in [0.717, 1.165) is 30.0 Å². The first-order valence-electron chi connectivity index (χ1n) is 9.63. The fourth-order valence-electron chi connectivity index (χ4n) is 2.91. The van der Waals surface area contributed by atoms with Crippen LogP contribution in [0.15, 0.2) is 73.1 Å². The van der Waals surface area contributed by atoms with Gasteiger partial charge in [0.05, 0.1) is 0 Å². The van der Waals surface area contributed by atoms with Crippen molar-refractivity contribution in [3.63, 3.8) is 0 Å². The number of rotatable bonds is 6. The second kappa shape index (κ2) is 9.17. The summed E-state index contributed by atoms with van der Waals surface area (Å²) in [5.74, 6) is 0.164. The maximum atomic E-state index is 13.6. The summed E-state index contributed by atoms with van der Waals surface area (Å²) in [6.07, 6.45) is 5.82. The number of nitrogens with one attached hydrogen (secondary N) is 2. The van der Waals surface area contributed by atoms with E-state index in [2.05, 4.69) is 25.7 Å². The molecule has 4 aromatic rings. The molecule has 0 aliphatic carbocycles. The van der Waals surface area contributed by atoms with Crippen LogP contribution in [0, 0.1) is 18.6 Å². The summed E-state index contributed by atoms with van der Waals surface area (Å²) in [4.78, 5) is 20.8. The zero-order valence-electron chi connectivity index (χ0n) is 17.0. The first-order valence-corrected chi connectivity index (χ1v) is 9.63. The maximum Gasteiger partial charge on any atom is 0.248 e. The third-order valence-electron chi connectivity index (χ3n) is 4.36. The number of amides is 1. The Morgan fingerprint density at radius 2 is 1.81 bits per heavy atom. The van der Waals surface area contributed by atoms with Crippen LogP contribution < -0.4 is 10.6 Å². The van der Waals surface area contributed by atoms with Gasteiger partial charge in [0.2, 0.25) is 5.91 Å². The Morgan fingerprint density at radius 3 is 2.56 bits per heavy atom. The highest BCUT2D eigenvalue weighted by atomic mass is 19.1. The largest absolute Gasteiger partial charge is 0.340 e. The summed E-state index contributed by atoms with van der Waals surface area (Å²) in [6, 6.07) is 13.6. The van der Waals surface area contributed by atoms with Crippen molar-refractivity contribution in [1.29, 1.82) is 0 Å². The first-order chi connectivity index (χ1) is 15.5. The molecule has 0 aliphatic heterocycles. The van der Waals surface area contributed by atoms with Gasteiger partial charge in [-0.15, -0.1) is 0 Å². The van der Waals surface area contributed by atoms with Gasteiger partial charge in [0.1, 0.15) is 23.3 Å². The van der Waals surface area contributed by atoms with Crippen molar-refractivity contribution in [3.8, 4) is 5.82 Å². The lowest BCUT2D eigenvalue weighted by atomic mass is 10.2. The lowest BCUT2D eigenvalue weighted by molar-refractivity contribution is -0.111. The summed E-state index contributed by atoms with van der Waals surface area (Å²) >= 11 is 0.